The van der Waals surface area contributed by atoms with Crippen LogP contribution in [0, 0.1) is 0 Å². The van der Waals surface area contributed by atoms with Crippen LogP contribution in [0.25, 0.3) is 0 Å². The van der Waals surface area contributed by atoms with Crippen LogP contribution in [-0.4, -0.2) is 15.5 Å². The monoisotopic (exact) mass is 201 g/mol. The first kappa shape index (κ1) is 9.45. The lowest BCUT2D eigenvalue weighted by atomic mass is 10.1. The number of carbonyl (C=O) groups excluding carboxylic acids is 1. The molecule has 15 heavy (non-hydrogen) atoms. The van der Waals surface area contributed by atoms with Gasteiger partial charge in [0.25, 0.3) is 0 Å². The average Bonchev–Trinajstić information content (AvgIpc) is 2.71. The van der Waals surface area contributed by atoms with E-state index in [0.717, 1.165) is 5.56 Å². The summed E-state index contributed by atoms with van der Waals surface area (Å²) in [6.07, 6.45) is 5.08. The number of hydrogen-bond acceptors (Lipinski definition) is 3. The van der Waals surface area contributed by atoms with Crippen molar-refractivity contribution in [1.82, 2.24) is 9.55 Å². The molecule has 0 N–H and O–H groups in total. The van der Waals surface area contributed by atoms with Gasteiger partial charge in [-0.3, -0.25) is 0 Å². The van der Waals surface area contributed by atoms with Gasteiger partial charge in [0.05, 0.1) is 12.3 Å². The van der Waals surface area contributed by atoms with E-state index in [1.54, 1.807) is 43.0 Å². The third kappa shape index (κ3) is 2.04. The Bertz CT molecular complexity index is 463. The Balaban J connectivity index is 2.32. The van der Waals surface area contributed by atoms with Gasteiger partial charge < -0.3 is 14.5 Å². The molecule has 4 nitrogen and oxygen atoms in total. The fourth-order valence-corrected chi connectivity index (χ4v) is 1.43. The Morgan fingerprint density at radius 2 is 2.20 bits per heavy atom. The zero-order valence-electron chi connectivity index (χ0n) is 7.96. The Kier molecular flexibility index (Phi) is 2.49. The quantitative estimate of drug-likeness (QED) is 0.717. The molecule has 2 aromatic rings. The average molecular weight is 201 g/mol. The van der Waals surface area contributed by atoms with Crippen molar-refractivity contribution < 1.29 is 9.90 Å². The molecular formula is C11H9N2O2-. The highest BCUT2D eigenvalue weighted by Gasteiger charge is 2.02. The van der Waals surface area contributed by atoms with Crippen molar-refractivity contribution in [1.29, 1.82) is 0 Å². The van der Waals surface area contributed by atoms with Crippen LogP contribution in [0.4, 0.5) is 0 Å². The topological polar surface area (TPSA) is 57.9 Å². The van der Waals surface area contributed by atoms with E-state index in [9.17, 15) is 9.90 Å². The van der Waals surface area contributed by atoms with E-state index in [0.29, 0.717) is 6.54 Å². The van der Waals surface area contributed by atoms with Crippen LogP contribution in [-0.2, 0) is 6.54 Å². The number of imidazole rings is 1. The van der Waals surface area contributed by atoms with E-state index in [1.165, 1.54) is 0 Å². The predicted octanol–water partition coefficient (Wildman–Crippen LogP) is 0.295. The third-order valence-corrected chi connectivity index (χ3v) is 2.15. The fourth-order valence-electron chi connectivity index (χ4n) is 1.43. The van der Waals surface area contributed by atoms with Gasteiger partial charge in [-0.1, -0.05) is 24.3 Å². The molecule has 1 heterocycles. The molecule has 0 saturated carbocycles. The highest BCUT2D eigenvalue weighted by atomic mass is 16.4. The fraction of sp³-hybridized carbons (Fsp3) is 0.0909. The smallest absolute Gasteiger partial charge is 0.0949 e. The van der Waals surface area contributed by atoms with Crippen LogP contribution < -0.4 is 5.11 Å². The Morgan fingerprint density at radius 3 is 2.87 bits per heavy atom. The predicted molar refractivity (Wildman–Crippen MR) is 52.1 cm³/mol. The summed E-state index contributed by atoms with van der Waals surface area (Å²) in [4.78, 5) is 14.7. The molecule has 1 aromatic heterocycles. The van der Waals surface area contributed by atoms with Gasteiger partial charge in [-0.25, -0.2) is 4.98 Å². The number of rotatable bonds is 3. The zero-order chi connectivity index (χ0) is 10.7. The Hall–Kier alpha value is -2.10. The number of aromatic carboxylic acids is 1. The summed E-state index contributed by atoms with van der Waals surface area (Å²) < 4.78 is 1.81. The molecule has 0 saturated heterocycles. The summed E-state index contributed by atoms with van der Waals surface area (Å²) in [5.41, 5.74) is 0.946. The maximum atomic E-state index is 10.8. The molecule has 76 valence electrons. The molecule has 0 atom stereocenters. The summed E-state index contributed by atoms with van der Waals surface area (Å²) in [5, 5.41) is 10.8. The molecule has 1 aromatic carbocycles. The lowest BCUT2D eigenvalue weighted by molar-refractivity contribution is -0.255. The number of carbonyl (C=O) groups is 1. The van der Waals surface area contributed by atoms with E-state index in [2.05, 4.69) is 4.98 Å². The van der Waals surface area contributed by atoms with E-state index in [4.69, 9.17) is 0 Å². The molecule has 0 fully saturated rings. The first-order valence-electron chi connectivity index (χ1n) is 4.52. The second-order valence-electron chi connectivity index (χ2n) is 3.18. The molecule has 2 rings (SSSR count). The van der Waals surface area contributed by atoms with Crippen molar-refractivity contribution in [3.63, 3.8) is 0 Å². The second-order valence-corrected chi connectivity index (χ2v) is 3.18. The van der Waals surface area contributed by atoms with Gasteiger partial charge in [-0.05, 0) is 5.56 Å². The molecule has 0 unspecified atom stereocenters. The summed E-state index contributed by atoms with van der Waals surface area (Å²) >= 11 is 0. The number of carboxylic acid groups (broad SMARTS) is 1. The van der Waals surface area contributed by atoms with E-state index in [1.807, 2.05) is 4.57 Å². The normalized spacial score (nSPS) is 10.1. The van der Waals surface area contributed by atoms with E-state index < -0.39 is 5.97 Å². The van der Waals surface area contributed by atoms with Crippen LogP contribution in [0.2, 0.25) is 0 Å². The van der Waals surface area contributed by atoms with E-state index in [-0.39, 0.29) is 5.56 Å². The first-order valence-corrected chi connectivity index (χ1v) is 4.52. The molecule has 0 bridgehead atoms. The van der Waals surface area contributed by atoms with Crippen LogP contribution in [0.5, 0.6) is 0 Å². The summed E-state index contributed by atoms with van der Waals surface area (Å²) in [6, 6.07) is 6.80. The molecule has 4 heteroatoms. The molecule has 0 aliphatic rings. The van der Waals surface area contributed by atoms with Crippen LogP contribution in [0.1, 0.15) is 15.9 Å². The molecular weight excluding hydrogens is 192 g/mol. The van der Waals surface area contributed by atoms with Crippen molar-refractivity contribution in [3.8, 4) is 0 Å². The highest BCUT2D eigenvalue weighted by molar-refractivity contribution is 5.87. The SMILES string of the molecule is O=C([O-])c1ccccc1Cn1ccnc1. The Labute approximate surface area is 86.8 Å². The zero-order valence-corrected chi connectivity index (χ0v) is 7.96. The second kappa shape index (κ2) is 3.96. The Morgan fingerprint density at radius 1 is 1.40 bits per heavy atom. The maximum absolute atomic E-state index is 10.8. The molecule has 0 radical (unpaired) electrons. The minimum atomic E-state index is -1.15. The minimum absolute atomic E-state index is 0.228. The van der Waals surface area contributed by atoms with Gasteiger partial charge in [0.2, 0.25) is 0 Å². The summed E-state index contributed by atoms with van der Waals surface area (Å²) in [7, 11) is 0. The van der Waals surface area contributed by atoms with Gasteiger partial charge in [0.15, 0.2) is 0 Å². The van der Waals surface area contributed by atoms with Crippen LogP contribution in [0.3, 0.4) is 0 Å². The number of hydrogen-bond donors (Lipinski definition) is 0. The molecule has 0 spiro atoms. The molecule has 0 aliphatic heterocycles. The van der Waals surface area contributed by atoms with Crippen molar-refractivity contribution in [2.75, 3.05) is 0 Å². The highest BCUT2D eigenvalue weighted by Crippen LogP contribution is 2.09. The van der Waals surface area contributed by atoms with Gasteiger partial charge in [-0.2, -0.15) is 0 Å². The van der Waals surface area contributed by atoms with Gasteiger partial charge >= 0.3 is 0 Å². The van der Waals surface area contributed by atoms with Crippen molar-refractivity contribution in [3.05, 3.63) is 54.1 Å². The lowest BCUT2D eigenvalue weighted by Crippen LogP contribution is -2.24. The van der Waals surface area contributed by atoms with Gasteiger partial charge in [-0.15, -0.1) is 0 Å². The first-order chi connectivity index (χ1) is 7.27. The van der Waals surface area contributed by atoms with Gasteiger partial charge in [0.1, 0.15) is 0 Å². The third-order valence-electron chi connectivity index (χ3n) is 2.15. The maximum Gasteiger partial charge on any atom is 0.0949 e. The van der Waals surface area contributed by atoms with Crippen molar-refractivity contribution in [2.24, 2.45) is 0 Å². The lowest BCUT2D eigenvalue weighted by Gasteiger charge is -2.10. The summed E-state index contributed by atoms with van der Waals surface area (Å²) in [5.74, 6) is -1.15. The van der Waals surface area contributed by atoms with E-state index >= 15 is 0 Å². The minimum Gasteiger partial charge on any atom is -0.545 e. The van der Waals surface area contributed by atoms with Crippen molar-refractivity contribution >= 4 is 5.97 Å². The number of carboxylic acids is 1. The van der Waals surface area contributed by atoms with Gasteiger partial charge in [0, 0.05) is 24.5 Å². The molecule has 0 amide bonds. The number of benzene rings is 1. The van der Waals surface area contributed by atoms with Crippen LogP contribution >= 0.6 is 0 Å². The standard InChI is InChI=1S/C11H10N2O2/c14-11(15)10-4-2-1-3-9(10)7-13-6-5-12-8-13/h1-6,8H,7H2,(H,14,15)/p-1. The molecule has 0 aliphatic carbocycles. The largest absolute Gasteiger partial charge is 0.545 e. The summed E-state index contributed by atoms with van der Waals surface area (Å²) in [6.45, 7) is 0.490. The van der Waals surface area contributed by atoms with Crippen molar-refractivity contribution in [2.45, 2.75) is 6.54 Å². The van der Waals surface area contributed by atoms with Crippen LogP contribution in [0.15, 0.2) is 43.0 Å². The number of aromatic nitrogens is 2. The number of nitrogens with zero attached hydrogens (tertiary/aromatic N) is 2.